The van der Waals surface area contributed by atoms with Crippen LogP contribution in [0.15, 0.2) is 87.7 Å². The van der Waals surface area contributed by atoms with Gasteiger partial charge in [0.05, 0.1) is 10.0 Å². The third-order valence-electron chi connectivity index (χ3n) is 5.42. The molecular weight excluding hydrogens is 487 g/mol. The number of benzene rings is 3. The van der Waals surface area contributed by atoms with E-state index >= 15 is 0 Å². The molecule has 8 heteroatoms. The normalized spacial score (nSPS) is 10.9. The SMILES string of the molecule is Cc1cc(NC(=O)c2ccc(-c3ccc(Cl)c(Cl)c3)o2)ccc1NC(=O)c1cc2ccccc2o1. The van der Waals surface area contributed by atoms with E-state index in [1.807, 2.05) is 25.1 Å². The Labute approximate surface area is 210 Å². The van der Waals surface area contributed by atoms with E-state index in [0.29, 0.717) is 38.3 Å². The highest BCUT2D eigenvalue weighted by atomic mass is 35.5. The van der Waals surface area contributed by atoms with Gasteiger partial charge < -0.3 is 19.5 Å². The van der Waals surface area contributed by atoms with Gasteiger partial charge in [-0.2, -0.15) is 0 Å². The van der Waals surface area contributed by atoms with Crippen molar-refractivity contribution in [1.29, 1.82) is 0 Å². The number of carbonyl (C=O) groups is 2. The summed E-state index contributed by atoms with van der Waals surface area (Å²) in [5, 5.41) is 7.34. The van der Waals surface area contributed by atoms with Gasteiger partial charge >= 0.3 is 0 Å². The molecule has 0 atom stereocenters. The third-order valence-corrected chi connectivity index (χ3v) is 6.15. The zero-order valence-corrected chi connectivity index (χ0v) is 19.9. The molecule has 0 saturated heterocycles. The van der Waals surface area contributed by atoms with E-state index in [2.05, 4.69) is 10.6 Å². The second kappa shape index (κ2) is 9.33. The molecule has 2 N–H and O–H groups in total. The standard InChI is InChI=1S/C27H18Cl2N2O4/c1-15-12-18(7-9-21(15)31-27(33)25-14-16-4-2-3-5-22(16)35-25)30-26(32)24-11-10-23(34-24)17-6-8-19(28)20(29)13-17/h2-14H,1H3,(H,30,32)(H,31,33). The largest absolute Gasteiger partial charge is 0.451 e. The number of rotatable bonds is 5. The van der Waals surface area contributed by atoms with E-state index in [-0.39, 0.29) is 17.4 Å². The molecule has 2 amide bonds. The third kappa shape index (κ3) is 4.80. The number of anilines is 2. The number of nitrogens with one attached hydrogen (secondary N) is 2. The maximum atomic E-state index is 12.7. The van der Waals surface area contributed by atoms with E-state index in [1.165, 1.54) is 0 Å². The Morgan fingerprint density at radius 1 is 0.743 bits per heavy atom. The summed E-state index contributed by atoms with van der Waals surface area (Å²) >= 11 is 12.0. The number of furan rings is 2. The second-order valence-corrected chi connectivity index (χ2v) is 8.69. The molecule has 5 aromatic rings. The minimum Gasteiger partial charge on any atom is -0.451 e. The van der Waals surface area contributed by atoms with Crippen molar-refractivity contribution in [3.8, 4) is 11.3 Å². The fraction of sp³-hybridized carbons (Fsp3) is 0.0370. The van der Waals surface area contributed by atoms with E-state index in [1.54, 1.807) is 60.7 Å². The van der Waals surface area contributed by atoms with Gasteiger partial charge in [0, 0.05) is 22.3 Å². The molecule has 0 radical (unpaired) electrons. The van der Waals surface area contributed by atoms with Crippen molar-refractivity contribution in [2.75, 3.05) is 10.6 Å². The summed E-state index contributed by atoms with van der Waals surface area (Å²) in [4.78, 5) is 25.3. The minimum atomic E-state index is -0.408. The van der Waals surface area contributed by atoms with Crippen molar-refractivity contribution < 1.29 is 18.4 Å². The summed E-state index contributed by atoms with van der Waals surface area (Å²) in [6, 6.07) is 22.7. The molecule has 0 spiro atoms. The molecule has 0 aliphatic heterocycles. The Bertz CT molecular complexity index is 1550. The summed E-state index contributed by atoms with van der Waals surface area (Å²) in [5.41, 5.74) is 3.28. The molecule has 174 valence electrons. The number of amides is 2. The van der Waals surface area contributed by atoms with Gasteiger partial charge in [0.25, 0.3) is 11.8 Å². The number of halogens is 2. The van der Waals surface area contributed by atoms with Crippen LogP contribution in [0, 0.1) is 6.92 Å². The molecule has 0 saturated carbocycles. The Balaban J connectivity index is 1.27. The number of fused-ring (bicyclic) bond motifs is 1. The van der Waals surface area contributed by atoms with Crippen LogP contribution in [0.1, 0.15) is 26.7 Å². The predicted molar refractivity (Wildman–Crippen MR) is 137 cm³/mol. The van der Waals surface area contributed by atoms with E-state index in [4.69, 9.17) is 32.0 Å². The van der Waals surface area contributed by atoms with Gasteiger partial charge in [0.2, 0.25) is 0 Å². The lowest BCUT2D eigenvalue weighted by molar-refractivity contribution is 0.0990. The van der Waals surface area contributed by atoms with Crippen LogP contribution in [0.3, 0.4) is 0 Å². The van der Waals surface area contributed by atoms with Gasteiger partial charge in [-0.1, -0.05) is 41.4 Å². The smallest absolute Gasteiger partial charge is 0.291 e. The molecule has 35 heavy (non-hydrogen) atoms. The summed E-state index contributed by atoms with van der Waals surface area (Å²) in [7, 11) is 0. The van der Waals surface area contributed by atoms with Crippen LogP contribution in [0.4, 0.5) is 11.4 Å². The Morgan fingerprint density at radius 2 is 1.54 bits per heavy atom. The summed E-state index contributed by atoms with van der Waals surface area (Å²) in [5.74, 6) is 0.0967. The van der Waals surface area contributed by atoms with Gasteiger partial charge in [-0.15, -0.1) is 0 Å². The number of aryl methyl sites for hydroxylation is 1. The first-order valence-electron chi connectivity index (χ1n) is 10.6. The predicted octanol–water partition coefficient (Wildman–Crippen LogP) is 7.81. The van der Waals surface area contributed by atoms with Crippen molar-refractivity contribution >= 4 is 57.4 Å². The van der Waals surface area contributed by atoms with Crippen LogP contribution in [-0.2, 0) is 0 Å². The van der Waals surface area contributed by atoms with Crippen LogP contribution < -0.4 is 10.6 Å². The maximum absolute atomic E-state index is 12.7. The highest BCUT2D eigenvalue weighted by Crippen LogP contribution is 2.30. The average Bonchev–Trinajstić information content (AvgIpc) is 3.50. The first-order valence-corrected chi connectivity index (χ1v) is 11.4. The molecule has 3 aromatic carbocycles. The van der Waals surface area contributed by atoms with Gasteiger partial charge in [0.15, 0.2) is 11.5 Å². The Hall–Kier alpha value is -4.00. The van der Waals surface area contributed by atoms with Crippen LogP contribution in [0.25, 0.3) is 22.3 Å². The van der Waals surface area contributed by atoms with Gasteiger partial charge in [-0.25, -0.2) is 0 Å². The fourth-order valence-electron chi connectivity index (χ4n) is 3.62. The molecule has 0 unspecified atom stereocenters. The lowest BCUT2D eigenvalue weighted by Gasteiger charge is -2.10. The maximum Gasteiger partial charge on any atom is 0.291 e. The van der Waals surface area contributed by atoms with Crippen molar-refractivity contribution in [1.82, 2.24) is 0 Å². The highest BCUT2D eigenvalue weighted by molar-refractivity contribution is 6.42. The lowest BCUT2D eigenvalue weighted by Crippen LogP contribution is -2.13. The molecule has 2 heterocycles. The fourth-order valence-corrected chi connectivity index (χ4v) is 3.91. The van der Waals surface area contributed by atoms with E-state index in [0.717, 1.165) is 10.9 Å². The van der Waals surface area contributed by atoms with Gasteiger partial charge in [0.1, 0.15) is 11.3 Å². The monoisotopic (exact) mass is 504 g/mol. The van der Waals surface area contributed by atoms with Crippen molar-refractivity contribution in [2.45, 2.75) is 6.92 Å². The zero-order chi connectivity index (χ0) is 24.5. The molecule has 0 bridgehead atoms. The molecule has 5 rings (SSSR count). The molecule has 0 aliphatic rings. The molecule has 2 aromatic heterocycles. The van der Waals surface area contributed by atoms with Crippen LogP contribution >= 0.6 is 23.2 Å². The number of carbonyl (C=O) groups excluding carboxylic acids is 2. The lowest BCUT2D eigenvalue weighted by atomic mass is 10.1. The summed E-state index contributed by atoms with van der Waals surface area (Å²) < 4.78 is 11.3. The van der Waals surface area contributed by atoms with Crippen LogP contribution in [0.2, 0.25) is 10.0 Å². The minimum absolute atomic E-state index is 0.144. The van der Waals surface area contributed by atoms with Gasteiger partial charge in [-0.3, -0.25) is 9.59 Å². The molecule has 0 aliphatic carbocycles. The summed E-state index contributed by atoms with van der Waals surface area (Å²) in [6.07, 6.45) is 0. The van der Waals surface area contributed by atoms with Crippen molar-refractivity contribution in [3.05, 3.63) is 106 Å². The first-order chi connectivity index (χ1) is 16.9. The average molecular weight is 505 g/mol. The number of hydrogen-bond donors (Lipinski definition) is 2. The molecular formula is C27H18Cl2N2O4. The van der Waals surface area contributed by atoms with Gasteiger partial charge in [-0.05, 0) is 73.2 Å². The number of para-hydroxylation sites is 1. The Morgan fingerprint density at radius 3 is 2.31 bits per heavy atom. The first kappa shape index (κ1) is 22.8. The summed E-state index contributed by atoms with van der Waals surface area (Å²) in [6.45, 7) is 1.83. The second-order valence-electron chi connectivity index (χ2n) is 7.88. The van der Waals surface area contributed by atoms with Crippen molar-refractivity contribution in [3.63, 3.8) is 0 Å². The molecule has 0 fully saturated rings. The number of hydrogen-bond acceptors (Lipinski definition) is 4. The Kier molecular flexibility index (Phi) is 6.07. The van der Waals surface area contributed by atoms with Crippen molar-refractivity contribution in [2.24, 2.45) is 0 Å². The van der Waals surface area contributed by atoms with E-state index < -0.39 is 5.91 Å². The topological polar surface area (TPSA) is 84.5 Å². The zero-order valence-electron chi connectivity index (χ0n) is 18.4. The quantitative estimate of drug-likeness (QED) is 0.255. The van der Waals surface area contributed by atoms with Crippen LogP contribution in [-0.4, -0.2) is 11.8 Å². The molecule has 6 nitrogen and oxygen atoms in total. The highest BCUT2D eigenvalue weighted by Gasteiger charge is 2.16. The van der Waals surface area contributed by atoms with E-state index in [9.17, 15) is 9.59 Å². The van der Waals surface area contributed by atoms with Crippen LogP contribution in [0.5, 0.6) is 0 Å².